The van der Waals surface area contributed by atoms with Crippen LogP contribution in [0.1, 0.15) is 30.4 Å². The Morgan fingerprint density at radius 3 is 2.76 bits per heavy atom. The van der Waals surface area contributed by atoms with Gasteiger partial charge in [0, 0.05) is 26.6 Å². The molecule has 0 unspecified atom stereocenters. The Labute approximate surface area is 126 Å². The summed E-state index contributed by atoms with van der Waals surface area (Å²) >= 11 is 0. The van der Waals surface area contributed by atoms with Crippen LogP contribution in [0.5, 0.6) is 0 Å². The van der Waals surface area contributed by atoms with E-state index in [0.717, 1.165) is 31.9 Å². The maximum absolute atomic E-state index is 11.0. The molecule has 5 heteroatoms. The van der Waals surface area contributed by atoms with Crippen molar-refractivity contribution in [3.63, 3.8) is 0 Å². The standard InChI is InChI=1S/C16H25N3O2/c1-13-7-6-8-14(11-13)12-19-16(17-2)18-10-5-4-9-15(20)21-3/h6-8,11H,4-5,9-10,12H2,1-3H3,(H2,17,18,19). The van der Waals surface area contributed by atoms with Crippen LogP contribution in [0.2, 0.25) is 0 Å². The number of nitrogens with one attached hydrogen (secondary N) is 2. The van der Waals surface area contributed by atoms with Crippen LogP contribution >= 0.6 is 0 Å². The molecule has 21 heavy (non-hydrogen) atoms. The van der Waals surface area contributed by atoms with Crippen LogP contribution < -0.4 is 10.6 Å². The first kappa shape index (κ1) is 17.0. The van der Waals surface area contributed by atoms with Crippen LogP contribution in [0.4, 0.5) is 0 Å². The molecule has 0 heterocycles. The molecule has 116 valence electrons. The fourth-order valence-corrected chi connectivity index (χ4v) is 1.93. The molecule has 0 bridgehead atoms. The predicted octanol–water partition coefficient (Wildman–Crippen LogP) is 2.00. The second kappa shape index (κ2) is 9.80. The van der Waals surface area contributed by atoms with Gasteiger partial charge >= 0.3 is 5.97 Å². The van der Waals surface area contributed by atoms with E-state index in [9.17, 15) is 4.79 Å². The average molecular weight is 291 g/mol. The minimum atomic E-state index is -0.156. The summed E-state index contributed by atoms with van der Waals surface area (Å²) in [5.41, 5.74) is 2.48. The summed E-state index contributed by atoms with van der Waals surface area (Å²) in [7, 11) is 3.16. The van der Waals surface area contributed by atoms with Gasteiger partial charge in [0.05, 0.1) is 7.11 Å². The lowest BCUT2D eigenvalue weighted by atomic mass is 10.1. The minimum absolute atomic E-state index is 0.156. The highest BCUT2D eigenvalue weighted by atomic mass is 16.5. The molecule has 1 aromatic carbocycles. The molecule has 0 spiro atoms. The first-order chi connectivity index (χ1) is 10.2. The summed E-state index contributed by atoms with van der Waals surface area (Å²) in [5, 5.41) is 6.50. The summed E-state index contributed by atoms with van der Waals surface area (Å²) in [6.45, 7) is 3.60. The molecule has 0 aliphatic rings. The van der Waals surface area contributed by atoms with Crippen molar-refractivity contribution >= 4 is 11.9 Å². The summed E-state index contributed by atoms with van der Waals surface area (Å²) in [6, 6.07) is 8.37. The van der Waals surface area contributed by atoms with E-state index in [2.05, 4.69) is 51.6 Å². The zero-order valence-corrected chi connectivity index (χ0v) is 13.1. The highest BCUT2D eigenvalue weighted by molar-refractivity contribution is 5.79. The Kier molecular flexibility index (Phi) is 7.94. The van der Waals surface area contributed by atoms with Crippen molar-refractivity contribution in [3.8, 4) is 0 Å². The number of aliphatic imine (C=N–C) groups is 1. The Morgan fingerprint density at radius 1 is 1.29 bits per heavy atom. The van der Waals surface area contributed by atoms with Gasteiger partial charge in [0.25, 0.3) is 0 Å². The number of hydrogen-bond donors (Lipinski definition) is 2. The van der Waals surface area contributed by atoms with E-state index in [1.165, 1.54) is 18.2 Å². The fraction of sp³-hybridized carbons (Fsp3) is 0.500. The highest BCUT2D eigenvalue weighted by Crippen LogP contribution is 2.03. The number of rotatable bonds is 7. The molecule has 0 amide bonds. The van der Waals surface area contributed by atoms with Crippen molar-refractivity contribution in [3.05, 3.63) is 35.4 Å². The van der Waals surface area contributed by atoms with Crippen LogP contribution in [-0.2, 0) is 16.1 Å². The normalized spacial score (nSPS) is 11.1. The lowest BCUT2D eigenvalue weighted by Crippen LogP contribution is -2.37. The van der Waals surface area contributed by atoms with Crippen molar-refractivity contribution in [2.45, 2.75) is 32.7 Å². The zero-order valence-electron chi connectivity index (χ0n) is 13.1. The summed E-state index contributed by atoms with van der Waals surface area (Å²) in [5.74, 6) is 0.617. The number of hydrogen-bond acceptors (Lipinski definition) is 3. The molecule has 0 atom stereocenters. The molecule has 0 aromatic heterocycles. The third-order valence-corrected chi connectivity index (χ3v) is 3.09. The van der Waals surface area contributed by atoms with Crippen molar-refractivity contribution in [1.29, 1.82) is 0 Å². The SMILES string of the molecule is CN=C(NCCCCC(=O)OC)NCc1cccc(C)c1. The molecule has 0 aliphatic heterocycles. The van der Waals surface area contributed by atoms with Gasteiger partial charge in [-0.05, 0) is 25.3 Å². The summed E-state index contributed by atoms with van der Waals surface area (Å²) in [6.07, 6.45) is 2.18. The number of aryl methyl sites for hydroxylation is 1. The second-order valence-electron chi connectivity index (χ2n) is 4.87. The lowest BCUT2D eigenvalue weighted by Gasteiger charge is -2.12. The maximum Gasteiger partial charge on any atom is 0.305 e. The second-order valence-corrected chi connectivity index (χ2v) is 4.87. The number of esters is 1. The van der Waals surface area contributed by atoms with Crippen LogP contribution in [-0.4, -0.2) is 32.6 Å². The third-order valence-electron chi connectivity index (χ3n) is 3.09. The van der Waals surface area contributed by atoms with Gasteiger partial charge in [0.2, 0.25) is 0 Å². The van der Waals surface area contributed by atoms with Gasteiger partial charge < -0.3 is 15.4 Å². The number of benzene rings is 1. The Bertz CT molecular complexity index is 472. The number of methoxy groups -OCH3 is 1. The van der Waals surface area contributed by atoms with E-state index in [4.69, 9.17) is 0 Å². The van der Waals surface area contributed by atoms with E-state index < -0.39 is 0 Å². The Balaban J connectivity index is 2.22. The van der Waals surface area contributed by atoms with Crippen LogP contribution in [0, 0.1) is 6.92 Å². The number of ether oxygens (including phenoxy) is 1. The first-order valence-electron chi connectivity index (χ1n) is 7.22. The van der Waals surface area contributed by atoms with Gasteiger partial charge in [-0.15, -0.1) is 0 Å². The molecule has 2 N–H and O–H groups in total. The molecule has 0 saturated carbocycles. The molecule has 5 nitrogen and oxygen atoms in total. The zero-order chi connectivity index (χ0) is 15.5. The van der Waals surface area contributed by atoms with E-state index >= 15 is 0 Å². The molecule has 0 fully saturated rings. The van der Waals surface area contributed by atoms with Gasteiger partial charge in [-0.3, -0.25) is 9.79 Å². The average Bonchev–Trinajstić information content (AvgIpc) is 2.49. The molecule has 0 aliphatic carbocycles. The highest BCUT2D eigenvalue weighted by Gasteiger charge is 2.01. The van der Waals surface area contributed by atoms with Gasteiger partial charge in [-0.25, -0.2) is 0 Å². The molecular formula is C16H25N3O2. The molecular weight excluding hydrogens is 266 g/mol. The minimum Gasteiger partial charge on any atom is -0.469 e. The van der Waals surface area contributed by atoms with E-state index in [1.54, 1.807) is 7.05 Å². The smallest absolute Gasteiger partial charge is 0.305 e. The number of carbonyl (C=O) groups is 1. The topological polar surface area (TPSA) is 62.7 Å². The number of carbonyl (C=O) groups excluding carboxylic acids is 1. The van der Waals surface area contributed by atoms with Gasteiger partial charge in [-0.1, -0.05) is 29.8 Å². The molecule has 1 rings (SSSR count). The van der Waals surface area contributed by atoms with Gasteiger partial charge in [0.15, 0.2) is 5.96 Å². The molecule has 0 saturated heterocycles. The van der Waals surface area contributed by atoms with Crippen molar-refractivity contribution < 1.29 is 9.53 Å². The quantitative estimate of drug-likeness (QED) is 0.349. The number of nitrogens with zero attached hydrogens (tertiary/aromatic N) is 1. The van der Waals surface area contributed by atoms with Gasteiger partial charge in [-0.2, -0.15) is 0 Å². The van der Waals surface area contributed by atoms with E-state index in [1.807, 2.05) is 0 Å². The fourth-order valence-electron chi connectivity index (χ4n) is 1.93. The lowest BCUT2D eigenvalue weighted by molar-refractivity contribution is -0.140. The Morgan fingerprint density at radius 2 is 2.10 bits per heavy atom. The number of guanidine groups is 1. The van der Waals surface area contributed by atoms with Crippen molar-refractivity contribution in [1.82, 2.24) is 10.6 Å². The monoisotopic (exact) mass is 291 g/mol. The van der Waals surface area contributed by atoms with Crippen LogP contribution in [0.25, 0.3) is 0 Å². The van der Waals surface area contributed by atoms with Crippen molar-refractivity contribution in [2.24, 2.45) is 4.99 Å². The first-order valence-corrected chi connectivity index (χ1v) is 7.22. The molecule has 0 radical (unpaired) electrons. The largest absolute Gasteiger partial charge is 0.469 e. The third kappa shape index (κ3) is 7.34. The predicted molar refractivity (Wildman–Crippen MR) is 85.2 cm³/mol. The summed E-state index contributed by atoms with van der Waals surface area (Å²) < 4.78 is 4.60. The van der Waals surface area contributed by atoms with E-state index in [0.29, 0.717) is 6.42 Å². The number of unbranched alkanes of at least 4 members (excludes halogenated alkanes) is 1. The van der Waals surface area contributed by atoms with Crippen molar-refractivity contribution in [2.75, 3.05) is 20.7 Å². The van der Waals surface area contributed by atoms with E-state index in [-0.39, 0.29) is 5.97 Å². The summed E-state index contributed by atoms with van der Waals surface area (Å²) in [4.78, 5) is 15.2. The molecule has 1 aromatic rings. The van der Waals surface area contributed by atoms with Crippen LogP contribution in [0.15, 0.2) is 29.3 Å². The van der Waals surface area contributed by atoms with Gasteiger partial charge in [0.1, 0.15) is 0 Å². The van der Waals surface area contributed by atoms with Crippen LogP contribution in [0.3, 0.4) is 0 Å². The maximum atomic E-state index is 11.0. The Hall–Kier alpha value is -2.04.